The zero-order valence-corrected chi connectivity index (χ0v) is 30.2. The molecule has 7 heterocycles. The van der Waals surface area contributed by atoms with Gasteiger partial charge in [-0.3, -0.25) is 34.2 Å². The number of carbonyl (C=O) groups is 5. The summed E-state index contributed by atoms with van der Waals surface area (Å²) in [7, 11) is 0. The predicted octanol–water partition coefficient (Wildman–Crippen LogP) is 3.43. The maximum absolute atomic E-state index is 14.1. The molecular weight excluding hydrogens is 720 g/mol. The van der Waals surface area contributed by atoms with Crippen molar-refractivity contribution in [3.05, 3.63) is 102 Å². The Hall–Kier alpha value is -6.71. The normalized spacial score (nSPS) is 19.9. The van der Waals surface area contributed by atoms with Gasteiger partial charge in [0.05, 0.1) is 35.6 Å². The molecular formula is C40H37FN10O5. The lowest BCUT2D eigenvalue weighted by Crippen LogP contribution is -2.54. The van der Waals surface area contributed by atoms with Gasteiger partial charge in [0.25, 0.3) is 11.8 Å². The number of rotatable bonds is 8. The summed E-state index contributed by atoms with van der Waals surface area (Å²) in [6.45, 7) is 2.89. The maximum atomic E-state index is 14.1. The summed E-state index contributed by atoms with van der Waals surface area (Å²) in [6.07, 6.45) is 3.77. The van der Waals surface area contributed by atoms with Crippen molar-refractivity contribution in [2.75, 3.05) is 54.4 Å². The largest absolute Gasteiger partial charge is 0.376 e. The van der Waals surface area contributed by atoms with Crippen molar-refractivity contribution in [1.82, 2.24) is 34.7 Å². The monoisotopic (exact) mass is 756 g/mol. The smallest absolute Gasteiger partial charge is 0.262 e. The first-order valence-electron chi connectivity index (χ1n) is 18.7. The fraction of sp³-hybridized carbons (Fsp3) is 0.300. The van der Waals surface area contributed by atoms with Crippen LogP contribution in [0.15, 0.2) is 79.0 Å². The lowest BCUT2D eigenvalue weighted by molar-refractivity contribution is -0.136. The first-order valence-corrected chi connectivity index (χ1v) is 18.7. The van der Waals surface area contributed by atoms with E-state index in [2.05, 4.69) is 25.4 Å². The molecule has 3 fully saturated rings. The third-order valence-corrected chi connectivity index (χ3v) is 11.0. The Morgan fingerprint density at radius 1 is 0.839 bits per heavy atom. The van der Waals surface area contributed by atoms with Gasteiger partial charge in [0.15, 0.2) is 5.65 Å². The van der Waals surface area contributed by atoms with Crippen LogP contribution < -0.4 is 20.4 Å². The topological polar surface area (TPSA) is 165 Å². The molecule has 284 valence electrons. The van der Waals surface area contributed by atoms with Gasteiger partial charge in [0, 0.05) is 44.8 Å². The Labute approximate surface area is 320 Å². The van der Waals surface area contributed by atoms with Gasteiger partial charge < -0.3 is 20.0 Å². The Balaban J connectivity index is 0.830. The number of piperazine rings is 1. The van der Waals surface area contributed by atoms with Crippen molar-refractivity contribution < 1.29 is 28.4 Å². The number of imide groups is 2. The second-order valence-corrected chi connectivity index (χ2v) is 14.3. The number of anilines is 3. The SMILES string of the molecule is O=C1CCC(N2C(=O)c3ccc(NCC(=O)N4CCN(c5cccc(-c6cnc7ccc(N8CCC[C@@H]8c8cccc(F)c8)nn67)n5)CC4)cc3C2=O)C(=O)N1. The van der Waals surface area contributed by atoms with Crippen LogP contribution in [-0.2, 0) is 14.4 Å². The number of imidazole rings is 1. The molecule has 4 aliphatic rings. The number of hydrogen-bond donors (Lipinski definition) is 2. The van der Waals surface area contributed by atoms with Crippen molar-refractivity contribution in [3.8, 4) is 11.4 Å². The Morgan fingerprint density at radius 2 is 1.66 bits per heavy atom. The van der Waals surface area contributed by atoms with E-state index in [4.69, 9.17) is 10.1 Å². The molecule has 3 saturated heterocycles. The average molecular weight is 757 g/mol. The zero-order chi connectivity index (χ0) is 38.5. The minimum absolute atomic E-state index is 0.0186. The van der Waals surface area contributed by atoms with Gasteiger partial charge in [-0.05, 0) is 79.4 Å². The number of carbonyl (C=O) groups excluding carboxylic acids is 5. The Bertz CT molecular complexity index is 2430. The van der Waals surface area contributed by atoms with Crippen LogP contribution in [0.3, 0.4) is 0 Å². The minimum Gasteiger partial charge on any atom is -0.376 e. The molecule has 15 nitrogen and oxygen atoms in total. The van der Waals surface area contributed by atoms with Crippen LogP contribution in [0.5, 0.6) is 0 Å². The molecule has 9 rings (SSSR count). The highest BCUT2D eigenvalue weighted by Crippen LogP contribution is 2.36. The van der Waals surface area contributed by atoms with E-state index in [0.717, 1.165) is 47.2 Å². The molecule has 0 saturated carbocycles. The van der Waals surface area contributed by atoms with Gasteiger partial charge in [-0.2, -0.15) is 0 Å². The van der Waals surface area contributed by atoms with Crippen molar-refractivity contribution in [2.24, 2.45) is 0 Å². The summed E-state index contributed by atoms with van der Waals surface area (Å²) in [5.74, 6) is -1.11. The molecule has 16 heteroatoms. The van der Waals surface area contributed by atoms with E-state index in [0.29, 0.717) is 43.2 Å². The molecule has 0 bridgehead atoms. The second kappa shape index (κ2) is 14.2. The van der Waals surface area contributed by atoms with E-state index in [1.54, 1.807) is 33.8 Å². The summed E-state index contributed by atoms with van der Waals surface area (Å²) >= 11 is 0. The van der Waals surface area contributed by atoms with Gasteiger partial charge in [-0.1, -0.05) is 18.2 Å². The highest BCUT2D eigenvalue weighted by atomic mass is 19.1. The number of piperidine rings is 1. The zero-order valence-electron chi connectivity index (χ0n) is 30.2. The van der Waals surface area contributed by atoms with Gasteiger partial charge in [-0.25, -0.2) is 18.9 Å². The standard InChI is InChI=1S/C40H37FN10O5/c41-25-5-1-4-24(20-25)30-7-3-15-49(30)35-13-12-33-43-22-32(51(33)46-35)29-6-2-8-34(44-29)47-16-18-48(19-17-47)37(53)23-42-26-9-10-27-28(21-26)40(56)50(39(27)55)31-11-14-36(52)45-38(31)54/h1-2,4-6,8-10,12-13,20-22,30-31,42H,3,7,11,14-19,23H2,(H,45,52,54)/t30-,31?/m1/s1. The van der Waals surface area contributed by atoms with E-state index < -0.39 is 29.7 Å². The van der Waals surface area contributed by atoms with E-state index in [1.165, 1.54) is 18.2 Å². The van der Waals surface area contributed by atoms with Crippen LogP contribution in [-0.4, -0.2) is 104 Å². The van der Waals surface area contributed by atoms with Crippen molar-refractivity contribution in [1.29, 1.82) is 0 Å². The van der Waals surface area contributed by atoms with E-state index in [-0.39, 0.29) is 48.3 Å². The fourth-order valence-corrected chi connectivity index (χ4v) is 8.09. The highest BCUT2D eigenvalue weighted by molar-refractivity contribution is 6.23. The molecule has 4 aliphatic heterocycles. The number of pyridine rings is 1. The number of hydrogen-bond acceptors (Lipinski definition) is 11. The van der Waals surface area contributed by atoms with Crippen LogP contribution in [0, 0.1) is 5.82 Å². The highest BCUT2D eigenvalue weighted by Gasteiger charge is 2.44. The van der Waals surface area contributed by atoms with Gasteiger partial charge in [0.2, 0.25) is 17.7 Å². The fourth-order valence-electron chi connectivity index (χ4n) is 8.09. The third-order valence-electron chi connectivity index (χ3n) is 11.0. The summed E-state index contributed by atoms with van der Waals surface area (Å²) in [5, 5.41) is 10.2. The van der Waals surface area contributed by atoms with Crippen molar-refractivity contribution in [2.45, 2.75) is 37.8 Å². The first-order chi connectivity index (χ1) is 27.2. The molecule has 1 unspecified atom stereocenters. The second-order valence-electron chi connectivity index (χ2n) is 14.3. The maximum Gasteiger partial charge on any atom is 0.262 e. The van der Waals surface area contributed by atoms with Crippen LogP contribution >= 0.6 is 0 Å². The number of nitrogens with one attached hydrogen (secondary N) is 2. The number of benzene rings is 2. The number of fused-ring (bicyclic) bond motifs is 2. The Kier molecular flexibility index (Phi) is 8.86. The number of halogens is 1. The number of aromatic nitrogens is 4. The summed E-state index contributed by atoms with van der Waals surface area (Å²) < 4.78 is 15.9. The third kappa shape index (κ3) is 6.35. The quantitative estimate of drug-likeness (QED) is 0.223. The Morgan fingerprint density at radius 3 is 2.48 bits per heavy atom. The van der Waals surface area contributed by atoms with Crippen LogP contribution in [0.1, 0.15) is 58.0 Å². The molecule has 0 aliphatic carbocycles. The molecule has 56 heavy (non-hydrogen) atoms. The molecule has 2 N–H and O–H groups in total. The van der Waals surface area contributed by atoms with E-state index in [9.17, 15) is 28.4 Å². The predicted molar refractivity (Wildman–Crippen MR) is 202 cm³/mol. The van der Waals surface area contributed by atoms with Crippen LogP contribution in [0.4, 0.5) is 21.7 Å². The first kappa shape index (κ1) is 35.0. The molecule has 2 aromatic carbocycles. The number of nitrogens with zero attached hydrogens (tertiary/aromatic N) is 8. The van der Waals surface area contributed by atoms with Crippen molar-refractivity contribution in [3.63, 3.8) is 0 Å². The average Bonchev–Trinajstić information content (AvgIpc) is 3.94. The van der Waals surface area contributed by atoms with E-state index in [1.807, 2.05) is 36.4 Å². The molecule has 2 atom stereocenters. The minimum atomic E-state index is -1.05. The lowest BCUT2D eigenvalue weighted by atomic mass is 10.0. The molecule has 5 amide bonds. The summed E-state index contributed by atoms with van der Waals surface area (Å²) in [6, 6.07) is 20.1. The summed E-state index contributed by atoms with van der Waals surface area (Å²) in [5.41, 5.74) is 3.87. The van der Waals surface area contributed by atoms with Crippen LogP contribution in [0.2, 0.25) is 0 Å². The molecule has 0 spiro atoms. The summed E-state index contributed by atoms with van der Waals surface area (Å²) in [4.78, 5) is 80.0. The molecule has 3 aromatic heterocycles. The molecule has 5 aromatic rings. The van der Waals surface area contributed by atoms with E-state index >= 15 is 0 Å². The van der Waals surface area contributed by atoms with Crippen molar-refractivity contribution >= 4 is 52.5 Å². The van der Waals surface area contributed by atoms with Gasteiger partial charge in [0.1, 0.15) is 29.2 Å². The van der Waals surface area contributed by atoms with Gasteiger partial charge >= 0.3 is 0 Å². The van der Waals surface area contributed by atoms with Gasteiger partial charge in [-0.15, -0.1) is 5.10 Å². The number of amides is 5. The molecule has 0 radical (unpaired) electrons. The van der Waals surface area contributed by atoms with Crippen LogP contribution in [0.25, 0.3) is 17.0 Å². The lowest BCUT2D eigenvalue weighted by Gasteiger charge is -2.35.